The molecular formula is C27H53N9O4. The monoisotopic (exact) mass is 567 g/mol. The molecule has 13 N–H and O–H groups in total. The van der Waals surface area contributed by atoms with E-state index in [9.17, 15) is 19.2 Å². The van der Waals surface area contributed by atoms with E-state index in [0.29, 0.717) is 58.0 Å². The van der Waals surface area contributed by atoms with Crippen molar-refractivity contribution in [2.75, 3.05) is 19.6 Å². The molecule has 0 fully saturated rings. The summed E-state index contributed by atoms with van der Waals surface area (Å²) in [7, 11) is 0. The molecule has 0 spiro atoms. The number of carbonyl (C=O) groups is 4. The van der Waals surface area contributed by atoms with Crippen LogP contribution in [0.4, 0.5) is 0 Å². The summed E-state index contributed by atoms with van der Waals surface area (Å²) in [6.07, 6.45) is 4.23. The smallest absolute Gasteiger partial charge is 0.224 e. The number of nitrogens with one attached hydrogen (secondary N) is 1. The third-order valence-corrected chi connectivity index (χ3v) is 6.72. The number of rotatable bonds is 23. The summed E-state index contributed by atoms with van der Waals surface area (Å²) in [5, 5.41) is 2.86. The molecular weight excluding hydrogens is 514 g/mol. The van der Waals surface area contributed by atoms with Crippen molar-refractivity contribution < 1.29 is 19.2 Å². The summed E-state index contributed by atoms with van der Waals surface area (Å²) in [6.45, 7) is 6.96. The third-order valence-electron chi connectivity index (χ3n) is 6.72. The third kappa shape index (κ3) is 17.4. The number of nitrogens with two attached hydrogens (primary N) is 6. The van der Waals surface area contributed by atoms with Gasteiger partial charge in [-0.25, -0.2) is 0 Å². The number of Topliss-reactive ketones (excluding diaryl/α,β-unsaturated/α-hetero) is 2. The number of hydrogen-bond acceptors (Lipinski definition) is 7. The molecule has 0 aromatic heterocycles. The maximum Gasteiger partial charge on any atom is 0.224 e. The van der Waals surface area contributed by atoms with Crippen molar-refractivity contribution >= 4 is 35.3 Å². The van der Waals surface area contributed by atoms with Crippen LogP contribution in [-0.2, 0) is 19.2 Å². The number of aliphatic imine (C=N–C) groups is 2. The van der Waals surface area contributed by atoms with Gasteiger partial charge in [0.2, 0.25) is 11.8 Å². The molecule has 0 bridgehead atoms. The van der Waals surface area contributed by atoms with E-state index in [4.69, 9.17) is 34.4 Å². The lowest BCUT2D eigenvalue weighted by Gasteiger charge is -2.24. The van der Waals surface area contributed by atoms with Crippen molar-refractivity contribution in [2.45, 2.75) is 91.0 Å². The van der Waals surface area contributed by atoms with E-state index >= 15 is 0 Å². The van der Waals surface area contributed by atoms with Crippen molar-refractivity contribution in [1.82, 2.24) is 5.32 Å². The van der Waals surface area contributed by atoms with Gasteiger partial charge in [0.05, 0.1) is 6.04 Å². The van der Waals surface area contributed by atoms with E-state index in [0.717, 1.165) is 0 Å². The molecule has 40 heavy (non-hydrogen) atoms. The summed E-state index contributed by atoms with van der Waals surface area (Å²) in [4.78, 5) is 59.6. The SMILES string of the molecule is CC(C)C[C@H](CC(=O)[C@@H](C)CCCN=C(N)N)C(=O)N[C@@H](CCCN=C(N)N)C(=O)C[C@@H](CCCCN)C(N)=O. The van der Waals surface area contributed by atoms with E-state index in [1.165, 1.54) is 0 Å². The Hall–Kier alpha value is -3.22. The fourth-order valence-electron chi connectivity index (χ4n) is 4.43. The lowest BCUT2D eigenvalue weighted by molar-refractivity contribution is -0.134. The van der Waals surface area contributed by atoms with Crippen LogP contribution in [0.15, 0.2) is 9.98 Å². The van der Waals surface area contributed by atoms with Crippen LogP contribution >= 0.6 is 0 Å². The minimum Gasteiger partial charge on any atom is -0.370 e. The maximum absolute atomic E-state index is 13.4. The first-order valence-corrected chi connectivity index (χ1v) is 14.2. The second kappa shape index (κ2) is 20.7. The van der Waals surface area contributed by atoms with Crippen LogP contribution in [0, 0.1) is 23.7 Å². The minimum atomic E-state index is -0.861. The van der Waals surface area contributed by atoms with E-state index in [1.807, 2.05) is 20.8 Å². The molecule has 2 amide bonds. The standard InChI is InChI=1S/C27H53N9O4/c1-17(2)14-20(16-22(37)18(3)8-6-12-34-26(30)31)25(40)36-21(10-7-13-35-27(32)33)23(38)15-19(24(29)39)9-4-5-11-28/h17-21H,4-16,28H2,1-3H3,(H2,29,39)(H,36,40)(H4,30,31,34)(H4,32,33,35)/t18-,19+,20+,21-/m0/s1. The fourth-order valence-corrected chi connectivity index (χ4v) is 4.43. The molecule has 0 heterocycles. The average molecular weight is 568 g/mol. The Labute approximate surface area is 238 Å². The highest BCUT2D eigenvalue weighted by molar-refractivity contribution is 5.94. The Morgan fingerprint density at radius 3 is 1.75 bits per heavy atom. The zero-order valence-electron chi connectivity index (χ0n) is 24.6. The highest BCUT2D eigenvalue weighted by Gasteiger charge is 2.30. The minimum absolute atomic E-state index is 0.00718. The van der Waals surface area contributed by atoms with E-state index in [-0.39, 0.29) is 67.0 Å². The highest BCUT2D eigenvalue weighted by Crippen LogP contribution is 2.22. The molecule has 0 unspecified atom stereocenters. The summed E-state index contributed by atoms with van der Waals surface area (Å²) in [6, 6.07) is -0.861. The summed E-state index contributed by atoms with van der Waals surface area (Å²) >= 11 is 0. The summed E-state index contributed by atoms with van der Waals surface area (Å²) in [5.74, 6) is -2.68. The number of amides is 2. The van der Waals surface area contributed by atoms with Gasteiger partial charge in [-0.3, -0.25) is 29.2 Å². The first-order chi connectivity index (χ1) is 18.8. The van der Waals surface area contributed by atoms with Gasteiger partial charge in [0.25, 0.3) is 0 Å². The van der Waals surface area contributed by atoms with Crippen LogP contribution in [0.2, 0.25) is 0 Å². The molecule has 13 heteroatoms. The number of primary amides is 1. The second-order valence-corrected chi connectivity index (χ2v) is 10.9. The maximum atomic E-state index is 13.4. The van der Waals surface area contributed by atoms with Crippen molar-refractivity contribution in [3.8, 4) is 0 Å². The van der Waals surface area contributed by atoms with Crippen LogP contribution in [0.3, 0.4) is 0 Å². The average Bonchev–Trinajstić information content (AvgIpc) is 2.86. The van der Waals surface area contributed by atoms with Gasteiger partial charge in [-0.2, -0.15) is 0 Å². The number of guanidine groups is 2. The molecule has 230 valence electrons. The Morgan fingerprint density at radius 2 is 1.25 bits per heavy atom. The normalized spacial score (nSPS) is 14.0. The number of nitrogens with zero attached hydrogens (tertiary/aromatic N) is 2. The quantitative estimate of drug-likeness (QED) is 0.0498. The molecule has 4 atom stereocenters. The Balaban J connectivity index is 5.55. The molecule has 0 saturated carbocycles. The molecule has 0 radical (unpaired) electrons. The fraction of sp³-hybridized carbons (Fsp3) is 0.778. The van der Waals surface area contributed by atoms with Crippen LogP contribution in [0.5, 0.6) is 0 Å². The number of hydrogen-bond donors (Lipinski definition) is 7. The van der Waals surface area contributed by atoms with Crippen molar-refractivity contribution in [3.05, 3.63) is 0 Å². The van der Waals surface area contributed by atoms with E-state index in [1.54, 1.807) is 0 Å². The van der Waals surface area contributed by atoms with Crippen molar-refractivity contribution in [3.63, 3.8) is 0 Å². The van der Waals surface area contributed by atoms with Gasteiger partial charge in [-0.1, -0.05) is 27.2 Å². The van der Waals surface area contributed by atoms with E-state index in [2.05, 4.69) is 15.3 Å². The van der Waals surface area contributed by atoms with Gasteiger partial charge < -0.3 is 39.7 Å². The predicted molar refractivity (Wildman–Crippen MR) is 159 cm³/mol. The Morgan fingerprint density at radius 1 is 0.700 bits per heavy atom. The summed E-state index contributed by atoms with van der Waals surface area (Å²) < 4.78 is 0. The Kier molecular flexibility index (Phi) is 19.0. The number of carbonyl (C=O) groups excluding carboxylic acids is 4. The first-order valence-electron chi connectivity index (χ1n) is 14.2. The van der Waals surface area contributed by atoms with Gasteiger partial charge in [0.1, 0.15) is 5.78 Å². The zero-order chi connectivity index (χ0) is 30.7. The number of unbranched alkanes of at least 4 members (excludes halogenated alkanes) is 1. The van der Waals surface area contributed by atoms with Crippen molar-refractivity contribution in [1.29, 1.82) is 0 Å². The van der Waals surface area contributed by atoms with Crippen LogP contribution in [0.1, 0.15) is 85.0 Å². The molecule has 0 aliphatic carbocycles. The van der Waals surface area contributed by atoms with Gasteiger partial charge >= 0.3 is 0 Å². The predicted octanol–water partition coefficient (Wildman–Crippen LogP) is 0.0257. The molecule has 13 nitrogen and oxygen atoms in total. The lowest BCUT2D eigenvalue weighted by Crippen LogP contribution is -2.45. The molecule has 0 aliphatic rings. The largest absolute Gasteiger partial charge is 0.370 e. The molecule has 0 saturated heterocycles. The van der Waals surface area contributed by atoms with Gasteiger partial charge in [0.15, 0.2) is 17.7 Å². The zero-order valence-corrected chi connectivity index (χ0v) is 24.6. The summed E-state index contributed by atoms with van der Waals surface area (Å²) in [5.41, 5.74) is 32.6. The van der Waals surface area contributed by atoms with Gasteiger partial charge in [-0.15, -0.1) is 0 Å². The van der Waals surface area contributed by atoms with Crippen LogP contribution in [-0.4, -0.2) is 61.0 Å². The van der Waals surface area contributed by atoms with Gasteiger partial charge in [0, 0.05) is 43.7 Å². The van der Waals surface area contributed by atoms with E-state index < -0.39 is 23.8 Å². The van der Waals surface area contributed by atoms with Crippen LogP contribution < -0.4 is 39.7 Å². The number of ketones is 2. The lowest BCUT2D eigenvalue weighted by atomic mass is 9.86. The molecule has 0 aromatic rings. The first kappa shape index (κ1) is 36.8. The molecule has 0 aromatic carbocycles. The van der Waals surface area contributed by atoms with Gasteiger partial charge in [-0.05, 0) is 57.4 Å². The highest BCUT2D eigenvalue weighted by atomic mass is 16.2. The molecule has 0 aliphatic heterocycles. The topological polar surface area (TPSA) is 261 Å². The Bertz CT molecular complexity index is 853. The molecule has 0 rings (SSSR count). The van der Waals surface area contributed by atoms with Crippen molar-refractivity contribution in [2.24, 2.45) is 68.1 Å². The van der Waals surface area contributed by atoms with Crippen LogP contribution in [0.25, 0.3) is 0 Å². The second-order valence-electron chi connectivity index (χ2n) is 10.9.